The highest BCUT2D eigenvalue weighted by Gasteiger charge is 2.22. The van der Waals surface area contributed by atoms with Crippen LogP contribution in [-0.2, 0) is 4.74 Å². The number of nitrogens with two attached hydrogens (primary N) is 1. The summed E-state index contributed by atoms with van der Waals surface area (Å²) in [7, 11) is 1.40. The second-order valence-corrected chi connectivity index (χ2v) is 5.32. The van der Waals surface area contributed by atoms with Gasteiger partial charge in [-0.25, -0.2) is 4.79 Å². The standard InChI is InChI=1S/C12H15Cl2NO3/c1-12(2,15)6-18-11(16)9-7(13)4-5-8(14)10(9)17-3/h4-5H,6,15H2,1-3H3. The van der Waals surface area contributed by atoms with Crippen molar-refractivity contribution in [2.24, 2.45) is 5.73 Å². The molecule has 4 nitrogen and oxygen atoms in total. The number of esters is 1. The summed E-state index contributed by atoms with van der Waals surface area (Å²) < 4.78 is 10.1. The van der Waals surface area contributed by atoms with Crippen LogP contribution in [0.25, 0.3) is 0 Å². The third kappa shape index (κ3) is 3.77. The van der Waals surface area contributed by atoms with Crippen LogP contribution in [0.4, 0.5) is 0 Å². The van der Waals surface area contributed by atoms with E-state index in [4.69, 9.17) is 38.4 Å². The van der Waals surface area contributed by atoms with Gasteiger partial charge in [-0.1, -0.05) is 23.2 Å². The monoisotopic (exact) mass is 291 g/mol. The second kappa shape index (κ2) is 5.78. The van der Waals surface area contributed by atoms with Crippen LogP contribution in [0.3, 0.4) is 0 Å². The van der Waals surface area contributed by atoms with E-state index in [1.165, 1.54) is 13.2 Å². The van der Waals surface area contributed by atoms with Crippen molar-refractivity contribution < 1.29 is 14.3 Å². The van der Waals surface area contributed by atoms with Crippen molar-refractivity contribution in [2.45, 2.75) is 19.4 Å². The zero-order chi connectivity index (χ0) is 13.9. The smallest absolute Gasteiger partial charge is 0.343 e. The molecule has 0 atom stereocenters. The lowest BCUT2D eigenvalue weighted by Crippen LogP contribution is -2.38. The van der Waals surface area contributed by atoms with Crippen molar-refractivity contribution in [1.29, 1.82) is 0 Å². The first-order valence-electron chi connectivity index (χ1n) is 5.24. The van der Waals surface area contributed by atoms with Gasteiger partial charge in [0.05, 0.1) is 17.2 Å². The first-order valence-corrected chi connectivity index (χ1v) is 6.00. The molecule has 0 bridgehead atoms. The molecule has 1 aromatic rings. The molecule has 1 rings (SSSR count). The maximum absolute atomic E-state index is 11.9. The molecule has 100 valence electrons. The van der Waals surface area contributed by atoms with Crippen LogP contribution >= 0.6 is 23.2 Å². The van der Waals surface area contributed by atoms with Gasteiger partial charge in [0, 0.05) is 5.54 Å². The summed E-state index contributed by atoms with van der Waals surface area (Å²) in [6, 6.07) is 3.06. The fraction of sp³-hybridized carbons (Fsp3) is 0.417. The number of benzene rings is 1. The summed E-state index contributed by atoms with van der Waals surface area (Å²) in [4.78, 5) is 11.9. The molecule has 0 aliphatic carbocycles. The molecule has 0 aliphatic heterocycles. The minimum absolute atomic E-state index is 0.0673. The second-order valence-electron chi connectivity index (χ2n) is 4.50. The maximum atomic E-state index is 11.9. The zero-order valence-electron chi connectivity index (χ0n) is 10.4. The van der Waals surface area contributed by atoms with E-state index in [9.17, 15) is 4.79 Å². The summed E-state index contributed by atoms with van der Waals surface area (Å²) in [6.45, 7) is 3.56. The van der Waals surface area contributed by atoms with Crippen molar-refractivity contribution in [1.82, 2.24) is 0 Å². The fourth-order valence-electron chi connectivity index (χ4n) is 1.25. The van der Waals surface area contributed by atoms with E-state index < -0.39 is 11.5 Å². The number of rotatable bonds is 4. The maximum Gasteiger partial charge on any atom is 0.343 e. The van der Waals surface area contributed by atoms with Crippen LogP contribution in [0, 0.1) is 0 Å². The molecule has 0 aliphatic rings. The van der Waals surface area contributed by atoms with Crippen LogP contribution in [0.5, 0.6) is 5.75 Å². The van der Waals surface area contributed by atoms with Gasteiger partial charge in [0.25, 0.3) is 0 Å². The van der Waals surface area contributed by atoms with Gasteiger partial charge >= 0.3 is 5.97 Å². The fourth-order valence-corrected chi connectivity index (χ4v) is 1.71. The number of carbonyl (C=O) groups is 1. The lowest BCUT2D eigenvalue weighted by atomic mass is 10.1. The Morgan fingerprint density at radius 1 is 1.33 bits per heavy atom. The zero-order valence-corrected chi connectivity index (χ0v) is 11.9. The number of hydrogen-bond acceptors (Lipinski definition) is 4. The molecule has 0 saturated carbocycles. The molecular weight excluding hydrogens is 277 g/mol. The van der Waals surface area contributed by atoms with E-state index in [0.717, 1.165) is 0 Å². The number of methoxy groups -OCH3 is 1. The van der Waals surface area contributed by atoms with E-state index in [-0.39, 0.29) is 22.9 Å². The number of hydrogen-bond donors (Lipinski definition) is 1. The highest BCUT2D eigenvalue weighted by atomic mass is 35.5. The van der Waals surface area contributed by atoms with Gasteiger partial charge < -0.3 is 15.2 Å². The lowest BCUT2D eigenvalue weighted by molar-refractivity contribution is 0.0430. The van der Waals surface area contributed by atoms with E-state index >= 15 is 0 Å². The Morgan fingerprint density at radius 2 is 1.89 bits per heavy atom. The minimum atomic E-state index is -0.617. The molecule has 0 unspecified atom stereocenters. The van der Waals surface area contributed by atoms with E-state index in [2.05, 4.69) is 0 Å². The number of ether oxygens (including phenoxy) is 2. The Kier molecular flexibility index (Phi) is 4.85. The van der Waals surface area contributed by atoms with E-state index in [0.29, 0.717) is 5.02 Å². The lowest BCUT2D eigenvalue weighted by Gasteiger charge is -2.19. The van der Waals surface area contributed by atoms with Crippen LogP contribution in [0.2, 0.25) is 10.0 Å². The first kappa shape index (κ1) is 15.1. The largest absolute Gasteiger partial charge is 0.494 e. The van der Waals surface area contributed by atoms with Gasteiger partial charge in [0.1, 0.15) is 12.2 Å². The molecule has 0 amide bonds. The van der Waals surface area contributed by atoms with Crippen molar-refractivity contribution in [3.8, 4) is 5.75 Å². The van der Waals surface area contributed by atoms with Crippen LogP contribution < -0.4 is 10.5 Å². The molecule has 0 saturated heterocycles. The van der Waals surface area contributed by atoms with Crippen molar-refractivity contribution in [3.63, 3.8) is 0 Å². The molecule has 6 heteroatoms. The molecule has 18 heavy (non-hydrogen) atoms. The van der Waals surface area contributed by atoms with Gasteiger partial charge in [-0.15, -0.1) is 0 Å². The van der Waals surface area contributed by atoms with E-state index in [1.54, 1.807) is 19.9 Å². The molecule has 0 radical (unpaired) electrons. The summed E-state index contributed by atoms with van der Waals surface area (Å²) in [5.74, 6) is -0.415. The average molecular weight is 292 g/mol. The Hall–Kier alpha value is -0.970. The number of carbonyl (C=O) groups excluding carboxylic acids is 1. The van der Waals surface area contributed by atoms with Crippen molar-refractivity contribution in [2.75, 3.05) is 13.7 Å². The molecule has 1 aromatic carbocycles. The summed E-state index contributed by atoms with van der Waals surface area (Å²) >= 11 is 11.9. The summed E-state index contributed by atoms with van der Waals surface area (Å²) in [6.07, 6.45) is 0. The first-order chi connectivity index (χ1) is 8.26. The quantitative estimate of drug-likeness (QED) is 0.867. The predicted octanol–water partition coefficient (Wildman–Crippen LogP) is 2.90. The SMILES string of the molecule is COc1c(Cl)ccc(Cl)c1C(=O)OCC(C)(C)N. The molecule has 2 N–H and O–H groups in total. The topological polar surface area (TPSA) is 61.5 Å². The Labute approximate surface area is 116 Å². The highest BCUT2D eigenvalue weighted by molar-refractivity contribution is 6.37. The van der Waals surface area contributed by atoms with Crippen molar-refractivity contribution >= 4 is 29.2 Å². The van der Waals surface area contributed by atoms with E-state index in [1.807, 2.05) is 0 Å². The third-order valence-corrected chi connectivity index (χ3v) is 2.65. The van der Waals surface area contributed by atoms with Gasteiger partial charge in [-0.2, -0.15) is 0 Å². The molecule has 0 fully saturated rings. The third-order valence-electron chi connectivity index (χ3n) is 2.04. The Balaban J connectivity index is 3.02. The normalized spacial score (nSPS) is 11.2. The average Bonchev–Trinajstić information content (AvgIpc) is 2.27. The van der Waals surface area contributed by atoms with Gasteiger partial charge in [-0.05, 0) is 26.0 Å². The van der Waals surface area contributed by atoms with Crippen LogP contribution in [0.15, 0.2) is 12.1 Å². The molecule has 0 spiro atoms. The molecule has 0 aromatic heterocycles. The number of halogens is 2. The van der Waals surface area contributed by atoms with Gasteiger partial charge in [0.2, 0.25) is 0 Å². The predicted molar refractivity (Wildman–Crippen MR) is 71.6 cm³/mol. The molecule has 0 heterocycles. The summed E-state index contributed by atoms with van der Waals surface area (Å²) in [5, 5.41) is 0.511. The highest BCUT2D eigenvalue weighted by Crippen LogP contribution is 2.34. The Bertz CT molecular complexity index is 455. The van der Waals surface area contributed by atoms with Gasteiger partial charge in [0.15, 0.2) is 5.75 Å². The summed E-state index contributed by atoms with van der Waals surface area (Å²) in [5.41, 5.74) is 5.22. The van der Waals surface area contributed by atoms with Gasteiger partial charge in [-0.3, -0.25) is 0 Å². The Morgan fingerprint density at radius 3 is 2.39 bits per heavy atom. The molecular formula is C12H15Cl2NO3. The van der Waals surface area contributed by atoms with Crippen LogP contribution in [0.1, 0.15) is 24.2 Å². The van der Waals surface area contributed by atoms with Crippen molar-refractivity contribution in [3.05, 3.63) is 27.7 Å². The minimum Gasteiger partial charge on any atom is -0.494 e. The van der Waals surface area contributed by atoms with Crippen LogP contribution in [-0.4, -0.2) is 25.2 Å².